The summed E-state index contributed by atoms with van der Waals surface area (Å²) in [4.78, 5) is 21.0. The third-order valence-electron chi connectivity index (χ3n) is 7.23. The first-order valence-electron chi connectivity index (χ1n) is 12.8. The number of fused-ring (bicyclic) bond motifs is 1. The molecule has 1 N–H and O–H groups in total. The number of piperazine rings is 1. The fraction of sp³-hybridized carbons (Fsp3) is 0.241. The number of nitrogens with one attached hydrogen (secondary N) is 1. The number of aromatic amines is 1. The zero-order chi connectivity index (χ0) is 26.8. The lowest BCUT2D eigenvalue weighted by Gasteiger charge is -2.39. The van der Waals surface area contributed by atoms with E-state index in [1.807, 2.05) is 54.6 Å². The zero-order valence-corrected chi connectivity index (χ0v) is 21.5. The maximum absolute atomic E-state index is 13.5. The van der Waals surface area contributed by atoms with Crippen LogP contribution >= 0.6 is 0 Å². The summed E-state index contributed by atoms with van der Waals surface area (Å²) in [5.41, 5.74) is 3.14. The molecule has 1 atom stereocenters. The maximum atomic E-state index is 13.5. The van der Waals surface area contributed by atoms with Crippen molar-refractivity contribution in [2.24, 2.45) is 0 Å². The molecule has 6 rings (SSSR count). The highest BCUT2D eigenvalue weighted by molar-refractivity contribution is 5.80. The lowest BCUT2D eigenvalue weighted by atomic mass is 10.0. The Balaban J connectivity index is 1.39. The molecule has 1 saturated heterocycles. The summed E-state index contributed by atoms with van der Waals surface area (Å²) in [6.45, 7) is 3.23. The van der Waals surface area contributed by atoms with Crippen LogP contribution in [-0.4, -0.2) is 63.4 Å². The van der Waals surface area contributed by atoms with Crippen molar-refractivity contribution in [3.8, 4) is 5.75 Å². The van der Waals surface area contributed by atoms with Crippen LogP contribution in [0.4, 0.5) is 10.1 Å². The van der Waals surface area contributed by atoms with E-state index in [1.165, 1.54) is 12.1 Å². The van der Waals surface area contributed by atoms with Gasteiger partial charge < -0.3 is 14.6 Å². The quantitative estimate of drug-likeness (QED) is 0.347. The van der Waals surface area contributed by atoms with E-state index in [2.05, 4.69) is 30.3 Å². The van der Waals surface area contributed by atoms with Crippen LogP contribution in [0, 0.1) is 5.82 Å². The maximum Gasteiger partial charge on any atom is 0.253 e. The molecule has 1 fully saturated rings. The Bertz CT molecular complexity index is 1630. The van der Waals surface area contributed by atoms with E-state index in [9.17, 15) is 9.18 Å². The first-order chi connectivity index (χ1) is 19.1. The Morgan fingerprint density at radius 2 is 1.74 bits per heavy atom. The summed E-state index contributed by atoms with van der Waals surface area (Å²) in [6, 6.07) is 23.5. The Morgan fingerprint density at radius 1 is 0.974 bits per heavy atom. The van der Waals surface area contributed by atoms with Gasteiger partial charge in [0.1, 0.15) is 17.6 Å². The van der Waals surface area contributed by atoms with Gasteiger partial charge in [0.15, 0.2) is 5.82 Å². The molecule has 3 heterocycles. The first-order valence-corrected chi connectivity index (χ1v) is 12.8. The Kier molecular flexibility index (Phi) is 6.76. The molecular formula is C29H28FN7O2. The number of tetrazole rings is 1. The van der Waals surface area contributed by atoms with Crippen molar-refractivity contribution >= 4 is 16.6 Å². The number of methoxy groups -OCH3 is 1. The number of anilines is 1. The topological polar surface area (TPSA) is 92.2 Å². The molecule has 1 aliphatic heterocycles. The molecule has 0 amide bonds. The monoisotopic (exact) mass is 525 g/mol. The number of aromatic nitrogens is 5. The summed E-state index contributed by atoms with van der Waals surface area (Å²) in [6.07, 6.45) is 0. The lowest BCUT2D eigenvalue weighted by Crippen LogP contribution is -2.49. The minimum Gasteiger partial charge on any atom is -0.497 e. The molecule has 0 aliphatic carbocycles. The number of H-pyrrole nitrogens is 1. The van der Waals surface area contributed by atoms with Crippen LogP contribution in [0.5, 0.6) is 5.75 Å². The van der Waals surface area contributed by atoms with Gasteiger partial charge in [0.05, 0.1) is 13.7 Å². The normalized spacial score (nSPS) is 15.0. The van der Waals surface area contributed by atoms with Crippen LogP contribution in [0.15, 0.2) is 83.7 Å². The number of halogens is 1. The van der Waals surface area contributed by atoms with Crippen LogP contribution < -0.4 is 15.2 Å². The summed E-state index contributed by atoms with van der Waals surface area (Å²) < 4.78 is 20.7. The van der Waals surface area contributed by atoms with Gasteiger partial charge in [-0.1, -0.05) is 30.3 Å². The molecule has 0 saturated carbocycles. The Hall–Kier alpha value is -4.57. The summed E-state index contributed by atoms with van der Waals surface area (Å²) in [7, 11) is 1.62. The van der Waals surface area contributed by atoms with E-state index >= 15 is 0 Å². The fourth-order valence-electron chi connectivity index (χ4n) is 5.20. The second kappa shape index (κ2) is 10.7. The smallest absolute Gasteiger partial charge is 0.253 e. The average Bonchev–Trinajstić information content (AvgIpc) is 3.42. The molecule has 198 valence electrons. The first kappa shape index (κ1) is 24.7. The van der Waals surface area contributed by atoms with Gasteiger partial charge >= 0.3 is 0 Å². The highest BCUT2D eigenvalue weighted by atomic mass is 19.1. The second-order valence-electron chi connectivity index (χ2n) is 9.59. The van der Waals surface area contributed by atoms with Crippen LogP contribution in [-0.2, 0) is 6.54 Å². The molecule has 39 heavy (non-hydrogen) atoms. The number of hydrogen-bond donors (Lipinski definition) is 1. The molecule has 2 aromatic heterocycles. The van der Waals surface area contributed by atoms with Gasteiger partial charge in [-0.3, -0.25) is 9.69 Å². The van der Waals surface area contributed by atoms with Crippen molar-refractivity contribution in [2.75, 3.05) is 38.2 Å². The van der Waals surface area contributed by atoms with Crippen molar-refractivity contribution < 1.29 is 9.13 Å². The van der Waals surface area contributed by atoms with Crippen molar-refractivity contribution in [2.45, 2.75) is 12.6 Å². The molecule has 1 aliphatic rings. The van der Waals surface area contributed by atoms with Crippen molar-refractivity contribution in [3.63, 3.8) is 0 Å². The molecule has 0 unspecified atom stereocenters. The standard InChI is InChI=1S/C29H28FN7O2/c1-39-24-11-12-26-21(17-24)18-25(29(38)31-26)27(28-32-33-34-37(28)19-20-5-3-2-4-6-20)36-15-13-35(14-16-36)23-9-7-22(30)8-10-23/h2-12,17-18,27H,13-16,19H2,1H3,(H,31,38)/t27-/m0/s1. The minimum atomic E-state index is -0.474. The van der Waals surface area contributed by atoms with Gasteiger partial charge in [-0.25, -0.2) is 9.07 Å². The van der Waals surface area contributed by atoms with E-state index in [-0.39, 0.29) is 11.4 Å². The van der Waals surface area contributed by atoms with Gasteiger partial charge in [-0.05, 0) is 64.5 Å². The van der Waals surface area contributed by atoms with Crippen molar-refractivity contribution in [3.05, 3.63) is 112 Å². The van der Waals surface area contributed by atoms with Gasteiger partial charge in [-0.2, -0.15) is 0 Å². The van der Waals surface area contributed by atoms with Crippen LogP contribution in [0.1, 0.15) is 23.0 Å². The number of nitrogens with zero attached hydrogens (tertiary/aromatic N) is 6. The van der Waals surface area contributed by atoms with Crippen molar-refractivity contribution in [1.82, 2.24) is 30.1 Å². The molecule has 3 aromatic carbocycles. The van der Waals surface area contributed by atoms with E-state index in [0.29, 0.717) is 49.9 Å². The SMILES string of the molecule is COc1ccc2[nH]c(=O)c([C@@H](c3nnnn3Cc3ccccc3)N3CCN(c4ccc(F)cc4)CC3)cc2c1. The predicted octanol–water partition coefficient (Wildman–Crippen LogP) is 3.62. The number of pyridine rings is 1. The third-order valence-corrected chi connectivity index (χ3v) is 7.23. The summed E-state index contributed by atoms with van der Waals surface area (Å²) in [5, 5.41) is 13.6. The van der Waals surface area contributed by atoms with Crippen molar-refractivity contribution in [1.29, 1.82) is 0 Å². The highest BCUT2D eigenvalue weighted by Gasteiger charge is 2.33. The molecule has 0 spiro atoms. The molecule has 9 nitrogen and oxygen atoms in total. The van der Waals surface area contributed by atoms with Gasteiger partial charge in [-0.15, -0.1) is 5.10 Å². The second-order valence-corrected chi connectivity index (χ2v) is 9.59. The number of hydrogen-bond acceptors (Lipinski definition) is 7. The largest absolute Gasteiger partial charge is 0.497 e. The van der Waals surface area contributed by atoms with Gasteiger partial charge in [0.2, 0.25) is 0 Å². The number of benzene rings is 3. The Morgan fingerprint density at radius 3 is 2.49 bits per heavy atom. The molecule has 5 aromatic rings. The van der Waals surface area contributed by atoms with E-state index < -0.39 is 6.04 Å². The van der Waals surface area contributed by atoms with Gasteiger partial charge in [0.25, 0.3) is 5.56 Å². The number of ether oxygens (including phenoxy) is 1. The van der Waals surface area contributed by atoms with Crippen LogP contribution in [0.2, 0.25) is 0 Å². The van der Waals surface area contributed by atoms with Gasteiger partial charge in [0, 0.05) is 48.3 Å². The number of rotatable bonds is 7. The summed E-state index contributed by atoms with van der Waals surface area (Å²) >= 11 is 0. The van der Waals surface area contributed by atoms with E-state index in [0.717, 1.165) is 22.2 Å². The minimum absolute atomic E-state index is 0.187. The molecular weight excluding hydrogens is 497 g/mol. The molecule has 0 radical (unpaired) electrons. The lowest BCUT2D eigenvalue weighted by molar-refractivity contribution is 0.200. The van der Waals surface area contributed by atoms with Crippen LogP contribution in [0.3, 0.4) is 0 Å². The van der Waals surface area contributed by atoms with E-state index in [1.54, 1.807) is 23.9 Å². The fourth-order valence-corrected chi connectivity index (χ4v) is 5.20. The molecule has 10 heteroatoms. The predicted molar refractivity (Wildman–Crippen MR) is 147 cm³/mol. The Labute approximate surface area is 224 Å². The average molecular weight is 526 g/mol. The zero-order valence-electron chi connectivity index (χ0n) is 21.5. The van der Waals surface area contributed by atoms with Crippen LogP contribution in [0.25, 0.3) is 10.9 Å². The summed E-state index contributed by atoms with van der Waals surface area (Å²) in [5.74, 6) is 1.05. The van der Waals surface area contributed by atoms with E-state index in [4.69, 9.17) is 4.74 Å². The highest BCUT2D eigenvalue weighted by Crippen LogP contribution is 2.30. The third kappa shape index (κ3) is 5.10. The molecule has 0 bridgehead atoms.